The zero-order valence-electron chi connectivity index (χ0n) is 13.7. The lowest BCUT2D eigenvalue weighted by Crippen LogP contribution is -2.45. The number of nitrogens with zero attached hydrogens (tertiary/aromatic N) is 1. The summed E-state index contributed by atoms with van der Waals surface area (Å²) in [6.07, 6.45) is 6.20. The van der Waals surface area contributed by atoms with Crippen LogP contribution >= 0.6 is 0 Å². The molecule has 1 aliphatic rings. The molecular weight excluding hydrogens is 284 g/mol. The Morgan fingerprint density at radius 1 is 1.09 bits per heavy atom. The maximum atomic E-state index is 11.0. The highest BCUT2D eigenvalue weighted by molar-refractivity contribution is 5.72. The molecule has 1 amide bonds. The molecule has 130 valence electrons. The molecular formula is C16H32N2O4. The van der Waals surface area contributed by atoms with Gasteiger partial charge in [0, 0.05) is 26.6 Å². The summed E-state index contributed by atoms with van der Waals surface area (Å²) in [5, 5.41) is 31.2. The maximum absolute atomic E-state index is 11.0. The number of rotatable bonds is 11. The first-order valence-electron chi connectivity index (χ1n) is 8.51. The quantitative estimate of drug-likeness (QED) is 0.410. The topological polar surface area (TPSA) is 93.0 Å². The van der Waals surface area contributed by atoms with Crippen LogP contribution in [-0.4, -0.2) is 70.6 Å². The van der Waals surface area contributed by atoms with Crippen LogP contribution in [0.4, 0.5) is 0 Å². The number of aliphatic hydroxyl groups is 3. The number of hydrogen-bond donors (Lipinski definition) is 4. The molecule has 1 fully saturated rings. The van der Waals surface area contributed by atoms with Crippen LogP contribution in [-0.2, 0) is 4.79 Å². The molecule has 0 aromatic rings. The first kappa shape index (κ1) is 19.4. The van der Waals surface area contributed by atoms with Crippen molar-refractivity contribution in [2.75, 3.05) is 26.2 Å². The predicted octanol–water partition coefficient (Wildman–Crippen LogP) is 0.252. The van der Waals surface area contributed by atoms with Crippen molar-refractivity contribution < 1.29 is 20.1 Å². The van der Waals surface area contributed by atoms with Crippen LogP contribution in [0.1, 0.15) is 51.9 Å². The van der Waals surface area contributed by atoms with Crippen molar-refractivity contribution in [2.24, 2.45) is 0 Å². The Labute approximate surface area is 133 Å². The van der Waals surface area contributed by atoms with Crippen LogP contribution in [0.2, 0.25) is 0 Å². The van der Waals surface area contributed by atoms with Gasteiger partial charge in [-0.2, -0.15) is 0 Å². The molecule has 0 spiro atoms. The summed E-state index contributed by atoms with van der Waals surface area (Å²) >= 11 is 0. The van der Waals surface area contributed by atoms with Crippen molar-refractivity contribution in [2.45, 2.75) is 70.1 Å². The number of likely N-dealkylation sites (tertiary alicyclic amines) is 1. The van der Waals surface area contributed by atoms with Crippen molar-refractivity contribution in [1.29, 1.82) is 0 Å². The van der Waals surface area contributed by atoms with E-state index in [0.29, 0.717) is 13.1 Å². The van der Waals surface area contributed by atoms with E-state index in [-0.39, 0.29) is 18.6 Å². The molecule has 0 saturated carbocycles. The van der Waals surface area contributed by atoms with Gasteiger partial charge in [0.1, 0.15) is 0 Å². The molecule has 1 aliphatic heterocycles. The summed E-state index contributed by atoms with van der Waals surface area (Å²) in [6.45, 7) is 3.44. The summed E-state index contributed by atoms with van der Waals surface area (Å²) < 4.78 is 0. The summed E-state index contributed by atoms with van der Waals surface area (Å²) in [4.78, 5) is 13.1. The molecule has 1 saturated heterocycles. The third kappa shape index (κ3) is 7.05. The summed E-state index contributed by atoms with van der Waals surface area (Å²) in [5.41, 5.74) is 0. The van der Waals surface area contributed by atoms with Crippen LogP contribution in [0.25, 0.3) is 0 Å². The van der Waals surface area contributed by atoms with E-state index in [4.69, 9.17) is 5.11 Å². The van der Waals surface area contributed by atoms with Crippen LogP contribution < -0.4 is 5.32 Å². The summed E-state index contributed by atoms with van der Waals surface area (Å²) in [5.74, 6) is -0.114. The van der Waals surface area contributed by atoms with Gasteiger partial charge < -0.3 is 20.6 Å². The van der Waals surface area contributed by atoms with Gasteiger partial charge in [-0.1, -0.05) is 32.1 Å². The van der Waals surface area contributed by atoms with Crippen LogP contribution in [0.3, 0.4) is 0 Å². The summed E-state index contributed by atoms with van der Waals surface area (Å²) in [7, 11) is 0. The van der Waals surface area contributed by atoms with E-state index in [2.05, 4.69) is 10.2 Å². The number of carbonyl (C=O) groups excluding carboxylic acids is 1. The molecule has 0 bridgehead atoms. The van der Waals surface area contributed by atoms with Gasteiger partial charge in [0.05, 0.1) is 18.2 Å². The molecule has 6 heteroatoms. The van der Waals surface area contributed by atoms with E-state index >= 15 is 0 Å². The third-order valence-electron chi connectivity index (χ3n) is 4.34. The highest BCUT2D eigenvalue weighted by atomic mass is 16.3. The molecule has 22 heavy (non-hydrogen) atoms. The van der Waals surface area contributed by atoms with E-state index in [1.165, 1.54) is 26.2 Å². The van der Waals surface area contributed by atoms with E-state index in [1.54, 1.807) is 0 Å². The third-order valence-corrected chi connectivity index (χ3v) is 4.34. The Morgan fingerprint density at radius 2 is 1.68 bits per heavy atom. The number of carbonyl (C=O) groups is 1. The average molecular weight is 316 g/mol. The first-order valence-corrected chi connectivity index (χ1v) is 8.51. The summed E-state index contributed by atoms with van der Waals surface area (Å²) in [6, 6.07) is -0.191. The number of aliphatic hydroxyl groups excluding tert-OH is 3. The van der Waals surface area contributed by atoms with Crippen LogP contribution in [0, 0.1) is 0 Å². The fourth-order valence-corrected chi connectivity index (χ4v) is 3.02. The first-order chi connectivity index (χ1) is 10.6. The van der Waals surface area contributed by atoms with Crippen molar-refractivity contribution in [1.82, 2.24) is 10.2 Å². The number of hydrogen-bond acceptors (Lipinski definition) is 5. The molecule has 0 aromatic carbocycles. The van der Waals surface area contributed by atoms with Gasteiger partial charge in [-0.3, -0.25) is 9.69 Å². The minimum Gasteiger partial charge on any atom is -0.396 e. The fraction of sp³-hybridized carbons (Fsp3) is 0.938. The lowest BCUT2D eigenvalue weighted by Gasteiger charge is -2.25. The SMILES string of the molecule is CC(=O)NC[C@@H]1[C@@H](O)[C@@H](O)CN1CCCCCCCCCO. The number of amides is 1. The van der Waals surface area contributed by atoms with Gasteiger partial charge >= 0.3 is 0 Å². The van der Waals surface area contributed by atoms with E-state index in [1.807, 2.05) is 0 Å². The molecule has 0 unspecified atom stereocenters. The van der Waals surface area contributed by atoms with Crippen LogP contribution in [0.5, 0.6) is 0 Å². The van der Waals surface area contributed by atoms with Gasteiger partial charge in [0.25, 0.3) is 0 Å². The molecule has 0 aromatic heterocycles. The zero-order valence-corrected chi connectivity index (χ0v) is 13.7. The molecule has 1 heterocycles. The van der Waals surface area contributed by atoms with Gasteiger partial charge in [-0.25, -0.2) is 0 Å². The van der Waals surface area contributed by atoms with Crippen molar-refractivity contribution in [3.63, 3.8) is 0 Å². The zero-order chi connectivity index (χ0) is 16.4. The van der Waals surface area contributed by atoms with Crippen molar-refractivity contribution >= 4 is 5.91 Å². The Hall–Kier alpha value is -0.690. The molecule has 6 nitrogen and oxygen atoms in total. The average Bonchev–Trinajstić information content (AvgIpc) is 2.74. The Balaban J connectivity index is 2.17. The minimum absolute atomic E-state index is 0.114. The second-order valence-electron chi connectivity index (χ2n) is 6.26. The number of nitrogens with one attached hydrogen (secondary N) is 1. The predicted molar refractivity (Wildman–Crippen MR) is 85.5 cm³/mol. The van der Waals surface area contributed by atoms with Gasteiger partial charge in [-0.05, 0) is 19.4 Å². The molecule has 0 radical (unpaired) electrons. The van der Waals surface area contributed by atoms with Gasteiger partial charge in [0.2, 0.25) is 5.91 Å². The maximum Gasteiger partial charge on any atom is 0.216 e. The molecule has 3 atom stereocenters. The smallest absolute Gasteiger partial charge is 0.216 e. The second kappa shape index (κ2) is 10.9. The standard InChI is InChI=1S/C16H32N2O4/c1-13(20)17-11-14-16(22)15(21)12-18(14)9-7-5-3-2-4-6-8-10-19/h14-16,19,21-22H,2-12H2,1H3,(H,17,20)/t14-,15+,16-/m1/s1. The van der Waals surface area contributed by atoms with Crippen molar-refractivity contribution in [3.05, 3.63) is 0 Å². The number of β-amino-alcohol motifs (C(OH)–C–C–N with tert-alkyl or cyclic N) is 1. The lowest BCUT2D eigenvalue weighted by molar-refractivity contribution is -0.119. The molecule has 1 rings (SSSR count). The van der Waals surface area contributed by atoms with E-state index in [0.717, 1.165) is 32.2 Å². The Bertz CT molecular complexity index is 315. The van der Waals surface area contributed by atoms with Gasteiger partial charge in [0.15, 0.2) is 0 Å². The normalized spacial score (nSPS) is 25.5. The highest BCUT2D eigenvalue weighted by Crippen LogP contribution is 2.19. The second-order valence-corrected chi connectivity index (χ2v) is 6.26. The Morgan fingerprint density at radius 3 is 2.27 bits per heavy atom. The van der Waals surface area contributed by atoms with Gasteiger partial charge in [-0.15, -0.1) is 0 Å². The van der Waals surface area contributed by atoms with E-state index in [9.17, 15) is 15.0 Å². The van der Waals surface area contributed by atoms with E-state index < -0.39 is 12.2 Å². The largest absolute Gasteiger partial charge is 0.396 e. The minimum atomic E-state index is -0.787. The fourth-order valence-electron chi connectivity index (χ4n) is 3.02. The Kier molecular flexibility index (Phi) is 9.63. The molecule has 4 N–H and O–H groups in total. The molecule has 0 aliphatic carbocycles. The highest BCUT2D eigenvalue weighted by Gasteiger charge is 2.39. The van der Waals surface area contributed by atoms with Crippen LogP contribution in [0.15, 0.2) is 0 Å². The van der Waals surface area contributed by atoms with Crippen molar-refractivity contribution in [3.8, 4) is 0 Å². The monoisotopic (exact) mass is 316 g/mol. The lowest BCUT2D eigenvalue weighted by atomic mass is 10.1. The number of unbranched alkanes of at least 4 members (excludes halogenated alkanes) is 6.